The maximum absolute atomic E-state index is 12.8. The molecule has 4 aromatic rings. The molecule has 1 amide bonds. The van der Waals surface area contributed by atoms with E-state index in [4.69, 9.17) is 9.47 Å². The molecule has 172 valence electrons. The van der Waals surface area contributed by atoms with Crippen molar-refractivity contribution in [1.29, 1.82) is 0 Å². The minimum Gasteiger partial charge on any atom is -0.496 e. The number of methoxy groups -OCH3 is 2. The van der Waals surface area contributed by atoms with Gasteiger partial charge in [-0.25, -0.2) is 5.43 Å². The molecule has 3 aromatic carbocycles. The highest BCUT2D eigenvalue weighted by molar-refractivity contribution is 5.95. The third-order valence-electron chi connectivity index (χ3n) is 5.30. The molecule has 0 atom stereocenters. The fraction of sp³-hybridized carbons (Fsp3) is 0.125. The van der Waals surface area contributed by atoms with E-state index in [0.29, 0.717) is 21.8 Å². The molecule has 0 aliphatic heterocycles. The molecule has 1 aromatic heterocycles. The molecule has 0 unspecified atom stereocenters. The number of nitro benzene ring substituents is 1. The number of hydrogen-bond donors (Lipinski definition) is 1. The number of hydrazone groups is 1. The highest BCUT2D eigenvalue weighted by Gasteiger charge is 2.19. The largest absolute Gasteiger partial charge is 0.496 e. The highest BCUT2D eigenvalue weighted by Crippen LogP contribution is 2.33. The average Bonchev–Trinajstić information content (AvgIpc) is 2.86. The summed E-state index contributed by atoms with van der Waals surface area (Å²) in [6.07, 6.45) is 1.25. The standard InChI is InChI=1S/C24H20N4O6/c1-33-21-12-22(34-2)20(28(31)32)11-15(21)13-25-26-23(29)14-27-18-9-5-3-7-16(18)24(30)17-8-4-6-10-19(17)27/h3-13H,14H2,1-2H3,(H,26,29)/b25-13-. The number of aromatic nitrogens is 1. The molecule has 1 N–H and O–H groups in total. The summed E-state index contributed by atoms with van der Waals surface area (Å²) in [5, 5.41) is 16.3. The lowest BCUT2D eigenvalue weighted by Crippen LogP contribution is -2.25. The number of nitrogens with one attached hydrogen (secondary N) is 1. The first-order chi connectivity index (χ1) is 16.4. The zero-order valence-corrected chi connectivity index (χ0v) is 18.3. The van der Waals surface area contributed by atoms with Gasteiger partial charge in [0.25, 0.3) is 5.91 Å². The molecule has 0 fully saturated rings. The Labute approximate surface area is 193 Å². The Bertz CT molecular complexity index is 1450. The first-order valence-electron chi connectivity index (χ1n) is 10.2. The fourth-order valence-electron chi connectivity index (χ4n) is 3.75. The van der Waals surface area contributed by atoms with E-state index in [2.05, 4.69) is 10.5 Å². The highest BCUT2D eigenvalue weighted by atomic mass is 16.6. The monoisotopic (exact) mass is 460 g/mol. The summed E-state index contributed by atoms with van der Waals surface area (Å²) in [5.41, 5.74) is 3.60. The number of hydrogen-bond acceptors (Lipinski definition) is 7. The van der Waals surface area contributed by atoms with Crippen LogP contribution in [0.15, 0.2) is 70.6 Å². The lowest BCUT2D eigenvalue weighted by Gasteiger charge is -2.14. The topological polar surface area (TPSA) is 125 Å². The van der Waals surface area contributed by atoms with Gasteiger partial charge in [-0.3, -0.25) is 19.7 Å². The summed E-state index contributed by atoms with van der Waals surface area (Å²) in [6.45, 7) is -0.0987. The number of para-hydroxylation sites is 2. The summed E-state index contributed by atoms with van der Waals surface area (Å²) in [6, 6.07) is 16.8. The number of fused-ring (bicyclic) bond motifs is 2. The Hall–Kier alpha value is -4.73. The molecule has 0 aliphatic rings. The van der Waals surface area contributed by atoms with Crippen LogP contribution in [0.5, 0.6) is 11.5 Å². The lowest BCUT2D eigenvalue weighted by molar-refractivity contribution is -0.385. The molecule has 10 heteroatoms. The van der Waals surface area contributed by atoms with E-state index in [1.165, 1.54) is 32.6 Å². The van der Waals surface area contributed by atoms with Crippen LogP contribution in [0.25, 0.3) is 21.8 Å². The molecule has 1 heterocycles. The van der Waals surface area contributed by atoms with Crippen molar-refractivity contribution in [2.24, 2.45) is 5.10 Å². The van der Waals surface area contributed by atoms with Gasteiger partial charge in [-0.2, -0.15) is 5.10 Å². The minimum absolute atomic E-state index is 0.0417. The van der Waals surface area contributed by atoms with E-state index in [9.17, 15) is 19.7 Å². The Balaban J connectivity index is 1.63. The van der Waals surface area contributed by atoms with E-state index < -0.39 is 10.8 Å². The van der Waals surface area contributed by atoms with E-state index in [0.717, 1.165) is 0 Å². The molecule has 4 rings (SSSR count). The van der Waals surface area contributed by atoms with Crippen molar-refractivity contribution in [3.63, 3.8) is 0 Å². The van der Waals surface area contributed by atoms with Gasteiger partial charge >= 0.3 is 5.69 Å². The SMILES string of the molecule is COc1cc(OC)c([N+](=O)[O-])cc1/C=N\NC(=O)Cn1c2ccccc2c(=O)c2ccccc21. The summed E-state index contributed by atoms with van der Waals surface area (Å²) in [7, 11) is 2.73. The Kier molecular flexibility index (Phi) is 6.22. The van der Waals surface area contributed by atoms with Crippen molar-refractivity contribution in [2.75, 3.05) is 14.2 Å². The van der Waals surface area contributed by atoms with Gasteiger partial charge in [-0.05, 0) is 24.3 Å². The van der Waals surface area contributed by atoms with E-state index in [-0.39, 0.29) is 34.7 Å². The minimum atomic E-state index is -0.583. The number of benzene rings is 3. The zero-order chi connectivity index (χ0) is 24.2. The predicted octanol–water partition coefficient (Wildman–Crippen LogP) is 3.23. The van der Waals surface area contributed by atoms with Crippen LogP contribution >= 0.6 is 0 Å². The first-order valence-corrected chi connectivity index (χ1v) is 10.2. The smallest absolute Gasteiger partial charge is 0.311 e. The number of pyridine rings is 1. The van der Waals surface area contributed by atoms with Crippen molar-refractivity contribution in [3.8, 4) is 11.5 Å². The molecule has 34 heavy (non-hydrogen) atoms. The number of carbonyl (C=O) groups excluding carboxylic acids is 1. The second-order valence-corrected chi connectivity index (χ2v) is 7.27. The maximum atomic E-state index is 12.8. The summed E-state index contributed by atoms with van der Waals surface area (Å²) in [4.78, 5) is 36.3. The third kappa shape index (κ3) is 4.16. The molecule has 0 spiro atoms. The van der Waals surface area contributed by atoms with Gasteiger partial charge < -0.3 is 14.0 Å². The van der Waals surface area contributed by atoms with Gasteiger partial charge in [0.2, 0.25) is 5.75 Å². The molecular weight excluding hydrogens is 440 g/mol. The molecular formula is C24H20N4O6. The van der Waals surface area contributed by atoms with Crippen LogP contribution in [0.1, 0.15) is 5.56 Å². The van der Waals surface area contributed by atoms with Crippen LogP contribution in [0, 0.1) is 10.1 Å². The van der Waals surface area contributed by atoms with Crippen molar-refractivity contribution < 1.29 is 19.2 Å². The van der Waals surface area contributed by atoms with E-state index in [1.807, 2.05) is 0 Å². The molecule has 0 saturated carbocycles. The second-order valence-electron chi connectivity index (χ2n) is 7.27. The number of amides is 1. The first kappa shape index (κ1) is 22.5. The fourth-order valence-corrected chi connectivity index (χ4v) is 3.75. The van der Waals surface area contributed by atoms with Crippen molar-refractivity contribution in [1.82, 2.24) is 9.99 Å². The van der Waals surface area contributed by atoms with Gasteiger partial charge in [0, 0.05) is 28.5 Å². The Morgan fingerprint density at radius 1 is 1.03 bits per heavy atom. The molecule has 0 saturated heterocycles. The number of nitrogens with zero attached hydrogens (tertiary/aromatic N) is 3. The predicted molar refractivity (Wildman–Crippen MR) is 128 cm³/mol. The average molecular weight is 460 g/mol. The number of rotatable bonds is 7. The zero-order valence-electron chi connectivity index (χ0n) is 18.3. The number of carbonyl (C=O) groups is 1. The van der Waals surface area contributed by atoms with Crippen LogP contribution in [-0.4, -0.2) is 35.8 Å². The summed E-state index contributed by atoms with van der Waals surface area (Å²) >= 11 is 0. The van der Waals surface area contributed by atoms with Crippen LogP contribution in [-0.2, 0) is 11.3 Å². The van der Waals surface area contributed by atoms with Gasteiger partial charge in [0.1, 0.15) is 12.3 Å². The van der Waals surface area contributed by atoms with Gasteiger partial charge in [-0.15, -0.1) is 0 Å². The van der Waals surface area contributed by atoms with Gasteiger partial charge in [0.05, 0.1) is 36.4 Å². The lowest BCUT2D eigenvalue weighted by atomic mass is 10.1. The van der Waals surface area contributed by atoms with Crippen molar-refractivity contribution >= 4 is 39.6 Å². The number of nitro groups is 1. The molecule has 0 radical (unpaired) electrons. The molecule has 10 nitrogen and oxygen atoms in total. The number of ether oxygens (including phenoxy) is 2. The quantitative estimate of drug-likeness (QED) is 0.195. The van der Waals surface area contributed by atoms with Gasteiger partial charge in [-0.1, -0.05) is 24.3 Å². The van der Waals surface area contributed by atoms with E-state index >= 15 is 0 Å². The van der Waals surface area contributed by atoms with E-state index in [1.54, 1.807) is 53.1 Å². The van der Waals surface area contributed by atoms with Crippen molar-refractivity contribution in [2.45, 2.75) is 6.54 Å². The van der Waals surface area contributed by atoms with Gasteiger partial charge in [0.15, 0.2) is 5.43 Å². The van der Waals surface area contributed by atoms with Crippen molar-refractivity contribution in [3.05, 3.63) is 86.6 Å². The Morgan fingerprint density at radius 3 is 2.18 bits per heavy atom. The van der Waals surface area contributed by atoms with Crippen LogP contribution in [0.3, 0.4) is 0 Å². The maximum Gasteiger partial charge on any atom is 0.311 e. The van der Waals surface area contributed by atoms with Crippen LogP contribution in [0.4, 0.5) is 5.69 Å². The normalized spacial score (nSPS) is 11.1. The Morgan fingerprint density at radius 2 is 1.62 bits per heavy atom. The summed E-state index contributed by atoms with van der Waals surface area (Å²) in [5.74, 6) is -0.116. The molecule has 0 aliphatic carbocycles. The summed E-state index contributed by atoms with van der Waals surface area (Å²) < 4.78 is 12.0. The third-order valence-corrected chi connectivity index (χ3v) is 5.30. The van der Waals surface area contributed by atoms with Crippen LogP contribution < -0.4 is 20.3 Å². The second kappa shape index (κ2) is 9.41. The molecule has 0 bridgehead atoms. The van der Waals surface area contributed by atoms with Crippen LogP contribution in [0.2, 0.25) is 0 Å².